The van der Waals surface area contributed by atoms with Gasteiger partial charge in [0.15, 0.2) is 0 Å². The smallest absolute Gasteiger partial charge is 0.352 e. The van der Waals surface area contributed by atoms with Gasteiger partial charge in [-0.05, 0) is 19.4 Å². The third kappa shape index (κ3) is 4.57. The summed E-state index contributed by atoms with van der Waals surface area (Å²) in [7, 11) is -3.96. The Balaban J connectivity index is 2.95. The average molecular weight is 318 g/mol. The number of aromatic carboxylic acids is 1. The van der Waals surface area contributed by atoms with Crippen LogP contribution in [-0.4, -0.2) is 43.2 Å². The molecule has 9 heteroatoms. The number of carbonyl (C=O) groups is 2. The molecular weight excluding hydrogens is 300 g/mol. The van der Waals surface area contributed by atoms with Crippen LogP contribution in [0.15, 0.2) is 17.2 Å². The van der Waals surface area contributed by atoms with Gasteiger partial charge in [0.25, 0.3) is 0 Å². The number of nitrogens with one attached hydrogen (secondary N) is 1. The minimum absolute atomic E-state index is 0.117. The van der Waals surface area contributed by atoms with Gasteiger partial charge in [-0.2, -0.15) is 4.72 Å². The van der Waals surface area contributed by atoms with E-state index >= 15 is 0 Å². The molecule has 1 aromatic rings. The van der Waals surface area contributed by atoms with Crippen molar-refractivity contribution in [2.75, 3.05) is 13.2 Å². The molecule has 0 atom stereocenters. The molecule has 0 aliphatic heterocycles. The van der Waals surface area contributed by atoms with Gasteiger partial charge in [-0.1, -0.05) is 6.92 Å². The van der Waals surface area contributed by atoms with E-state index < -0.39 is 28.5 Å². The summed E-state index contributed by atoms with van der Waals surface area (Å²) in [6.07, 6.45) is 1.89. The number of carboxylic acids is 1. The molecule has 118 valence electrons. The van der Waals surface area contributed by atoms with Gasteiger partial charge in [-0.3, -0.25) is 4.79 Å². The average Bonchev–Trinajstić information content (AvgIpc) is 2.82. The molecule has 0 bridgehead atoms. The maximum absolute atomic E-state index is 12.0. The van der Waals surface area contributed by atoms with Crippen LogP contribution < -0.4 is 4.72 Å². The van der Waals surface area contributed by atoms with Crippen molar-refractivity contribution in [3.8, 4) is 0 Å². The fourth-order valence-corrected chi connectivity index (χ4v) is 2.69. The van der Waals surface area contributed by atoms with Crippen molar-refractivity contribution < 1.29 is 27.9 Å². The minimum atomic E-state index is -3.96. The first kappa shape index (κ1) is 17.2. The molecule has 1 heterocycles. The second-order valence-corrected chi connectivity index (χ2v) is 5.96. The van der Waals surface area contributed by atoms with Gasteiger partial charge in [0.1, 0.15) is 17.1 Å². The highest BCUT2D eigenvalue weighted by atomic mass is 32.2. The normalized spacial score (nSPS) is 11.3. The fourth-order valence-electron chi connectivity index (χ4n) is 1.68. The van der Waals surface area contributed by atoms with E-state index in [1.54, 1.807) is 6.92 Å². The van der Waals surface area contributed by atoms with E-state index in [2.05, 4.69) is 9.46 Å². The first-order valence-electron chi connectivity index (χ1n) is 6.40. The van der Waals surface area contributed by atoms with E-state index in [1.165, 1.54) is 10.8 Å². The summed E-state index contributed by atoms with van der Waals surface area (Å²) in [5.41, 5.74) is -0.117. The van der Waals surface area contributed by atoms with Crippen molar-refractivity contribution in [2.24, 2.45) is 0 Å². The molecule has 0 radical (unpaired) electrons. The maximum Gasteiger partial charge on any atom is 0.352 e. The van der Waals surface area contributed by atoms with Gasteiger partial charge in [0, 0.05) is 12.7 Å². The Labute approximate surface area is 122 Å². The molecule has 8 nitrogen and oxygen atoms in total. The number of nitrogens with zero attached hydrogens (tertiary/aromatic N) is 1. The van der Waals surface area contributed by atoms with E-state index in [0.717, 1.165) is 6.07 Å². The summed E-state index contributed by atoms with van der Waals surface area (Å²) in [6.45, 7) is 3.48. The number of carboxylic acid groups (broad SMARTS) is 1. The molecule has 1 aromatic heterocycles. The summed E-state index contributed by atoms with van der Waals surface area (Å²) in [5, 5.41) is 9.05. The molecule has 0 spiro atoms. The Morgan fingerprint density at radius 2 is 2.05 bits per heavy atom. The third-order valence-corrected chi connectivity index (χ3v) is 3.95. The molecule has 0 aromatic carbocycles. The molecule has 0 saturated heterocycles. The molecular formula is C12H18N2O6S. The van der Waals surface area contributed by atoms with Crippen molar-refractivity contribution in [3.05, 3.63) is 18.0 Å². The molecule has 0 aliphatic carbocycles. The molecule has 1 rings (SSSR count). The zero-order valence-electron chi connectivity index (χ0n) is 11.8. The van der Waals surface area contributed by atoms with Gasteiger partial charge in [0.2, 0.25) is 10.0 Å². The van der Waals surface area contributed by atoms with Gasteiger partial charge in [0.05, 0.1) is 6.61 Å². The highest BCUT2D eigenvalue weighted by molar-refractivity contribution is 7.89. The lowest BCUT2D eigenvalue weighted by atomic mass is 10.4. The van der Waals surface area contributed by atoms with E-state index in [4.69, 9.17) is 5.11 Å². The minimum Gasteiger partial charge on any atom is -0.477 e. The van der Waals surface area contributed by atoms with E-state index in [9.17, 15) is 18.0 Å². The van der Waals surface area contributed by atoms with Gasteiger partial charge < -0.3 is 14.4 Å². The highest BCUT2D eigenvalue weighted by Gasteiger charge is 2.22. The molecule has 2 N–H and O–H groups in total. The van der Waals surface area contributed by atoms with Crippen molar-refractivity contribution in [1.82, 2.24) is 9.29 Å². The van der Waals surface area contributed by atoms with Crippen LogP contribution >= 0.6 is 0 Å². The number of hydrogen-bond acceptors (Lipinski definition) is 5. The first-order chi connectivity index (χ1) is 9.81. The number of esters is 1. The summed E-state index contributed by atoms with van der Waals surface area (Å²) < 4.78 is 32.1. The van der Waals surface area contributed by atoms with Crippen molar-refractivity contribution in [1.29, 1.82) is 0 Å². The first-order valence-corrected chi connectivity index (χ1v) is 7.88. The van der Waals surface area contributed by atoms with E-state index in [1.807, 2.05) is 6.92 Å². The largest absolute Gasteiger partial charge is 0.477 e. The van der Waals surface area contributed by atoms with E-state index in [-0.39, 0.29) is 17.2 Å². The summed E-state index contributed by atoms with van der Waals surface area (Å²) in [5.74, 6) is -1.91. The van der Waals surface area contributed by atoms with Crippen LogP contribution in [0.3, 0.4) is 0 Å². The zero-order valence-corrected chi connectivity index (χ0v) is 12.6. The second-order valence-electron chi connectivity index (χ2n) is 4.19. The zero-order chi connectivity index (χ0) is 16.0. The Hall–Kier alpha value is -1.87. The number of aryl methyl sites for hydroxylation is 1. The lowest BCUT2D eigenvalue weighted by Crippen LogP contribution is -2.30. The molecule has 0 saturated carbocycles. The van der Waals surface area contributed by atoms with Gasteiger partial charge in [-0.15, -0.1) is 0 Å². The number of rotatable bonds is 8. The second kappa shape index (κ2) is 7.23. The molecule has 0 amide bonds. The Bertz CT molecular complexity index is 620. The van der Waals surface area contributed by atoms with Crippen LogP contribution in [-0.2, 0) is 26.1 Å². The molecule has 21 heavy (non-hydrogen) atoms. The Morgan fingerprint density at radius 3 is 2.57 bits per heavy atom. The number of carbonyl (C=O) groups excluding carboxylic acids is 1. The molecule has 0 fully saturated rings. The van der Waals surface area contributed by atoms with Gasteiger partial charge >= 0.3 is 11.9 Å². The summed E-state index contributed by atoms with van der Waals surface area (Å²) >= 11 is 0. The lowest BCUT2D eigenvalue weighted by molar-refractivity contribution is -0.141. The van der Waals surface area contributed by atoms with Crippen molar-refractivity contribution >= 4 is 22.0 Å². The van der Waals surface area contributed by atoms with Crippen molar-refractivity contribution in [3.63, 3.8) is 0 Å². The quantitative estimate of drug-likeness (QED) is 0.672. The van der Waals surface area contributed by atoms with Crippen molar-refractivity contribution in [2.45, 2.75) is 31.7 Å². The standard InChI is InChI=1S/C12H18N2O6S/c1-3-5-14-8-9(6-10(14)12(16)17)21(18,19)13-7-11(15)20-4-2/h6,8,13H,3-5,7H2,1-2H3,(H,16,17). The number of aromatic nitrogens is 1. The lowest BCUT2D eigenvalue weighted by Gasteiger charge is -2.04. The predicted molar refractivity (Wildman–Crippen MR) is 73.5 cm³/mol. The molecule has 0 unspecified atom stereocenters. The predicted octanol–water partition coefficient (Wildman–Crippen LogP) is 0.438. The Kier molecular flexibility index (Phi) is 5.91. The number of hydrogen-bond donors (Lipinski definition) is 2. The molecule has 0 aliphatic rings. The third-order valence-electron chi connectivity index (χ3n) is 2.58. The van der Waals surface area contributed by atoms with Crippen LogP contribution in [0.25, 0.3) is 0 Å². The monoisotopic (exact) mass is 318 g/mol. The van der Waals surface area contributed by atoms with E-state index in [0.29, 0.717) is 13.0 Å². The van der Waals surface area contributed by atoms with Crippen LogP contribution in [0.1, 0.15) is 30.8 Å². The summed E-state index contributed by atoms with van der Waals surface area (Å²) in [4.78, 5) is 22.0. The van der Waals surface area contributed by atoms with Crippen LogP contribution in [0, 0.1) is 0 Å². The van der Waals surface area contributed by atoms with Crippen LogP contribution in [0.4, 0.5) is 0 Å². The maximum atomic E-state index is 12.0. The highest BCUT2D eigenvalue weighted by Crippen LogP contribution is 2.15. The fraction of sp³-hybridized carbons (Fsp3) is 0.500. The SMILES string of the molecule is CCCn1cc(S(=O)(=O)NCC(=O)OCC)cc1C(=O)O. The number of ether oxygens (including phenoxy) is 1. The van der Waals surface area contributed by atoms with Gasteiger partial charge in [-0.25, -0.2) is 13.2 Å². The number of sulfonamides is 1. The van der Waals surface area contributed by atoms with Crippen LogP contribution in [0.5, 0.6) is 0 Å². The summed E-state index contributed by atoms with van der Waals surface area (Å²) in [6, 6.07) is 1.06. The van der Waals surface area contributed by atoms with Crippen LogP contribution in [0.2, 0.25) is 0 Å². The topological polar surface area (TPSA) is 115 Å². The Morgan fingerprint density at radius 1 is 1.38 bits per heavy atom.